The molecule has 7 aliphatic rings. The summed E-state index contributed by atoms with van der Waals surface area (Å²) in [6.07, 6.45) is -15.2. The summed E-state index contributed by atoms with van der Waals surface area (Å²) in [5, 5.41) is 91.9. The minimum atomic E-state index is -1.91. The minimum Gasteiger partial charge on any atom is -0.469 e. The first-order valence-corrected chi connectivity index (χ1v) is 25.6. The molecule has 412 valence electrons. The summed E-state index contributed by atoms with van der Waals surface area (Å²) < 4.78 is 46.7. The molecule has 2 aliphatic heterocycles. The van der Waals surface area contributed by atoms with Gasteiger partial charge in [0, 0.05) is 22.0 Å². The first-order chi connectivity index (χ1) is 34.1. The Labute approximate surface area is 427 Å². The number of fused-ring (bicyclic) bond motifs is 7. The largest absolute Gasteiger partial charge is 0.469 e. The quantitative estimate of drug-likeness (QED) is 0.0480. The summed E-state index contributed by atoms with van der Waals surface area (Å²) in [5.74, 6) is -4.48. The van der Waals surface area contributed by atoms with Gasteiger partial charge in [0.25, 0.3) is 0 Å². The Hall–Kier alpha value is -3.38. The van der Waals surface area contributed by atoms with Crippen molar-refractivity contribution in [3.63, 3.8) is 0 Å². The molecule has 22 atom stereocenters. The lowest BCUT2D eigenvalue weighted by Gasteiger charge is -2.73. The molecule has 5 aliphatic carbocycles. The van der Waals surface area contributed by atoms with Crippen LogP contribution in [-0.2, 0) is 57.1 Å². The second-order valence-corrected chi connectivity index (χ2v) is 23.4. The predicted octanol–water partition coefficient (Wildman–Crippen LogP) is 1.68. The lowest BCUT2D eigenvalue weighted by atomic mass is 9.32. The number of methoxy groups -OCH3 is 2. The van der Waals surface area contributed by atoms with Gasteiger partial charge in [0.15, 0.2) is 24.8 Å². The second-order valence-electron chi connectivity index (χ2n) is 23.4. The summed E-state index contributed by atoms with van der Waals surface area (Å²) in [4.78, 5) is 54.9. The number of hydrogen-bond donors (Lipinski definition) is 8. The molecule has 0 spiro atoms. The zero-order chi connectivity index (χ0) is 54.3. The zero-order valence-corrected chi connectivity index (χ0v) is 44.2. The number of hydrogen-bond acceptors (Lipinski definition) is 20. The van der Waals surface area contributed by atoms with Crippen LogP contribution < -0.4 is 0 Å². The van der Waals surface area contributed by atoms with Crippen LogP contribution in [0.4, 0.5) is 0 Å². The van der Waals surface area contributed by atoms with E-state index in [0.29, 0.717) is 31.3 Å². The Balaban J connectivity index is 1.25. The molecule has 0 bridgehead atoms. The Kier molecular flexibility index (Phi) is 16.1. The van der Waals surface area contributed by atoms with Crippen LogP contribution in [0.25, 0.3) is 0 Å². The van der Waals surface area contributed by atoms with Crippen molar-refractivity contribution in [1.29, 1.82) is 0 Å². The summed E-state index contributed by atoms with van der Waals surface area (Å²) >= 11 is 0. The molecule has 2 heterocycles. The number of aliphatic hydroxyl groups is 8. The number of ether oxygens (including phenoxy) is 8. The minimum absolute atomic E-state index is 0.178. The van der Waals surface area contributed by atoms with E-state index in [1.54, 1.807) is 46.8 Å². The predicted molar refractivity (Wildman–Crippen MR) is 255 cm³/mol. The van der Waals surface area contributed by atoms with E-state index in [1.807, 2.05) is 20.8 Å². The fourth-order valence-electron chi connectivity index (χ4n) is 15.0. The lowest BCUT2D eigenvalue weighted by Crippen LogP contribution is -2.76. The third-order valence-corrected chi connectivity index (χ3v) is 19.7. The Bertz CT molecular complexity index is 2210. The average molecular weight is 1040 g/mol. The molecule has 22 unspecified atom stereocenters. The number of carbonyl (C=O) groups is 4. The van der Waals surface area contributed by atoms with E-state index >= 15 is 0 Å². The van der Waals surface area contributed by atoms with Crippen molar-refractivity contribution in [3.8, 4) is 0 Å². The van der Waals surface area contributed by atoms with Crippen molar-refractivity contribution in [1.82, 2.24) is 0 Å². The maximum absolute atomic E-state index is 14.5. The fourth-order valence-corrected chi connectivity index (χ4v) is 15.0. The number of esters is 4. The van der Waals surface area contributed by atoms with Gasteiger partial charge in [-0.05, 0) is 102 Å². The van der Waals surface area contributed by atoms with Crippen LogP contribution in [0.5, 0.6) is 0 Å². The Morgan fingerprint density at radius 2 is 1.36 bits per heavy atom. The maximum atomic E-state index is 14.5. The molecule has 20 heteroatoms. The van der Waals surface area contributed by atoms with Crippen molar-refractivity contribution in [2.24, 2.45) is 50.2 Å². The lowest BCUT2D eigenvalue weighted by molar-refractivity contribution is -0.357. The molecule has 0 aromatic carbocycles. The molecule has 2 saturated heterocycles. The van der Waals surface area contributed by atoms with Gasteiger partial charge >= 0.3 is 23.9 Å². The highest BCUT2D eigenvalue weighted by Gasteiger charge is 2.77. The number of aliphatic hydroxyl groups excluding tert-OH is 8. The van der Waals surface area contributed by atoms with Gasteiger partial charge in [-0.1, -0.05) is 58.4 Å². The Morgan fingerprint density at radius 3 is 1.93 bits per heavy atom. The zero-order valence-electron chi connectivity index (χ0n) is 44.2. The first-order valence-electron chi connectivity index (χ1n) is 25.6. The van der Waals surface area contributed by atoms with E-state index in [2.05, 4.69) is 19.9 Å². The van der Waals surface area contributed by atoms with E-state index in [-0.39, 0.29) is 24.3 Å². The average Bonchev–Trinajstić information content (AvgIpc) is 3.36. The van der Waals surface area contributed by atoms with Crippen LogP contribution in [0.3, 0.4) is 0 Å². The van der Waals surface area contributed by atoms with Crippen LogP contribution in [0.15, 0.2) is 34.9 Å². The van der Waals surface area contributed by atoms with Gasteiger partial charge in [0.2, 0.25) is 0 Å². The van der Waals surface area contributed by atoms with Gasteiger partial charge in [-0.15, -0.1) is 0 Å². The first kappa shape index (κ1) is 57.3. The van der Waals surface area contributed by atoms with Crippen molar-refractivity contribution in [2.45, 2.75) is 194 Å². The second kappa shape index (κ2) is 20.5. The molecule has 0 amide bonds. The molecular weight excluding hydrogens is 957 g/mol. The topological polar surface area (TPSA) is 304 Å². The number of allylic oxidation sites excluding steroid dienone is 3. The molecule has 4 saturated carbocycles. The van der Waals surface area contributed by atoms with Gasteiger partial charge in [-0.25, -0.2) is 14.4 Å². The van der Waals surface area contributed by atoms with Crippen molar-refractivity contribution < 1.29 is 97.9 Å². The van der Waals surface area contributed by atoms with Crippen LogP contribution in [0.1, 0.15) is 108 Å². The fraction of sp³-hybridized carbons (Fsp3) is 0.811. The highest BCUT2D eigenvalue weighted by Crippen LogP contribution is 2.76. The van der Waals surface area contributed by atoms with Gasteiger partial charge in [-0.2, -0.15) is 0 Å². The number of carbonyl (C=O) groups excluding carboxylic acids is 4. The van der Waals surface area contributed by atoms with Crippen LogP contribution in [0, 0.1) is 50.2 Å². The Morgan fingerprint density at radius 1 is 0.740 bits per heavy atom. The molecule has 7 rings (SSSR count). The molecule has 20 nitrogen and oxygen atoms in total. The van der Waals surface area contributed by atoms with Crippen molar-refractivity contribution in [2.75, 3.05) is 27.4 Å². The van der Waals surface area contributed by atoms with Gasteiger partial charge in [-0.3, -0.25) is 4.79 Å². The monoisotopic (exact) mass is 1040 g/mol. The smallest absolute Gasteiger partial charge is 0.337 e. The molecular formula is C53H80O20. The van der Waals surface area contributed by atoms with Crippen molar-refractivity contribution >= 4 is 23.9 Å². The van der Waals surface area contributed by atoms with Crippen molar-refractivity contribution in [3.05, 3.63) is 34.9 Å². The van der Waals surface area contributed by atoms with Crippen LogP contribution in [-0.4, -0.2) is 178 Å². The highest BCUT2D eigenvalue weighted by atomic mass is 16.7. The molecule has 0 aromatic rings. The molecule has 73 heavy (non-hydrogen) atoms. The van der Waals surface area contributed by atoms with Gasteiger partial charge < -0.3 is 78.7 Å². The van der Waals surface area contributed by atoms with E-state index in [1.165, 1.54) is 7.11 Å². The summed E-state index contributed by atoms with van der Waals surface area (Å²) in [6, 6.07) is 0. The molecule has 0 aromatic heterocycles. The van der Waals surface area contributed by atoms with Gasteiger partial charge in [0.05, 0.1) is 56.6 Å². The normalized spacial score (nSPS) is 47.6. The third-order valence-electron chi connectivity index (χ3n) is 19.7. The SMILES string of the molecule is CC=C(C)C(=O)OC1C(OC(=O)C(C)=CC)C2(CO)C(CC1(C)C)C1=CCC3C4(C)CCC(OC5OC(C(=O)OC)C(O)C(OC6OCC(O)C(O)C6O)C5O)C(C)(C(=O)OC)C4CCC3(C)C1(C)C(O)C2O. The van der Waals surface area contributed by atoms with E-state index in [4.69, 9.17) is 37.9 Å². The summed E-state index contributed by atoms with van der Waals surface area (Å²) in [7, 11) is 2.32. The summed E-state index contributed by atoms with van der Waals surface area (Å²) in [5.41, 5.74) is -5.38. The molecule has 8 N–H and O–H groups in total. The van der Waals surface area contributed by atoms with Gasteiger partial charge in [0.1, 0.15) is 42.7 Å². The number of rotatable bonds is 11. The third kappa shape index (κ3) is 8.65. The molecule has 0 radical (unpaired) electrons. The standard InChI is InChI=1S/C53H80O20/c1-13-24(3)42(62)72-40-41(73-43(63)25(4)14-2)53(23-54)27(21-48(40,5)6)26-15-16-29-49(7)19-18-31(51(9,47(65)67-12)30(49)17-20-50(29,8)52(26,10)38(60)39(53)61)69-46-35(59)36(34(58)37(71-46)44(64)66-11)70-45-33(57)32(56)28(55)22-68-45/h13-15,27-41,45-46,54-61H,16-23H2,1-12H3. The van der Waals surface area contributed by atoms with E-state index in [0.717, 1.165) is 12.7 Å². The highest BCUT2D eigenvalue weighted by molar-refractivity contribution is 5.89. The maximum Gasteiger partial charge on any atom is 0.337 e. The summed E-state index contributed by atoms with van der Waals surface area (Å²) in [6.45, 7) is 17.1. The molecule has 6 fully saturated rings. The van der Waals surface area contributed by atoms with E-state index in [9.17, 15) is 60.0 Å². The van der Waals surface area contributed by atoms with E-state index < -0.39 is 167 Å². The van der Waals surface area contributed by atoms with Crippen LogP contribution >= 0.6 is 0 Å². The van der Waals surface area contributed by atoms with Crippen LogP contribution in [0.2, 0.25) is 0 Å².